The van der Waals surface area contributed by atoms with Crippen LogP contribution in [0.2, 0.25) is 0 Å². The van der Waals surface area contributed by atoms with Gasteiger partial charge < -0.3 is 10.3 Å². The molecule has 2 N–H and O–H groups in total. The number of aromatic nitrogens is 3. The summed E-state index contributed by atoms with van der Waals surface area (Å²) in [5.41, 5.74) is 8.19. The Morgan fingerprint density at radius 2 is 1.89 bits per heavy atom. The maximum Gasteiger partial charge on any atom is 0.137 e. The molecule has 0 bridgehead atoms. The van der Waals surface area contributed by atoms with Gasteiger partial charge in [-0.1, -0.05) is 31.2 Å². The summed E-state index contributed by atoms with van der Waals surface area (Å²) in [5.74, 6) is 2.01. The summed E-state index contributed by atoms with van der Waals surface area (Å²) in [6.45, 7) is 5.70. The lowest BCUT2D eigenvalue weighted by Crippen LogP contribution is -2.08. The highest BCUT2D eigenvalue weighted by atomic mass is 15.3. The highest BCUT2D eigenvalue weighted by Crippen LogP contribution is 2.14. The average molecular weight is 244 g/mol. The average Bonchev–Trinajstić information content (AvgIpc) is 2.73. The number of rotatable bonds is 5. The fourth-order valence-corrected chi connectivity index (χ4v) is 2.17. The molecule has 0 radical (unpaired) electrons. The van der Waals surface area contributed by atoms with Gasteiger partial charge in [-0.15, -0.1) is 10.2 Å². The summed E-state index contributed by atoms with van der Waals surface area (Å²) in [6, 6.07) is 8.25. The van der Waals surface area contributed by atoms with Gasteiger partial charge in [0.2, 0.25) is 0 Å². The van der Waals surface area contributed by atoms with Crippen molar-refractivity contribution in [2.24, 2.45) is 5.73 Å². The SMILES string of the molecule is CCCn1c(C)nnc1Cc1ccccc1CN. The summed E-state index contributed by atoms with van der Waals surface area (Å²) < 4.78 is 2.19. The molecule has 1 heterocycles. The molecular formula is C14H20N4. The number of nitrogens with two attached hydrogens (primary N) is 1. The Hall–Kier alpha value is -1.68. The quantitative estimate of drug-likeness (QED) is 0.875. The first-order valence-corrected chi connectivity index (χ1v) is 6.41. The lowest BCUT2D eigenvalue weighted by molar-refractivity contribution is 0.629. The number of hydrogen-bond acceptors (Lipinski definition) is 3. The molecule has 18 heavy (non-hydrogen) atoms. The lowest BCUT2D eigenvalue weighted by atomic mass is 10.0. The molecule has 2 aromatic rings. The number of nitrogens with zero attached hydrogens (tertiary/aromatic N) is 3. The van der Waals surface area contributed by atoms with Gasteiger partial charge in [-0.3, -0.25) is 0 Å². The molecule has 1 aromatic heterocycles. The second kappa shape index (κ2) is 5.78. The normalized spacial score (nSPS) is 10.8. The summed E-state index contributed by atoms with van der Waals surface area (Å²) in [4.78, 5) is 0. The van der Waals surface area contributed by atoms with E-state index >= 15 is 0 Å². The van der Waals surface area contributed by atoms with Crippen LogP contribution in [0.25, 0.3) is 0 Å². The lowest BCUT2D eigenvalue weighted by Gasteiger charge is -2.09. The van der Waals surface area contributed by atoms with Crippen molar-refractivity contribution >= 4 is 0 Å². The molecule has 0 aliphatic rings. The smallest absolute Gasteiger partial charge is 0.137 e. The Morgan fingerprint density at radius 1 is 1.17 bits per heavy atom. The molecule has 0 fully saturated rings. The molecule has 0 amide bonds. The molecule has 2 rings (SSSR count). The highest BCUT2D eigenvalue weighted by Gasteiger charge is 2.10. The van der Waals surface area contributed by atoms with Crippen molar-refractivity contribution in [1.82, 2.24) is 14.8 Å². The highest BCUT2D eigenvalue weighted by molar-refractivity contribution is 5.29. The number of hydrogen-bond donors (Lipinski definition) is 1. The number of aryl methyl sites for hydroxylation is 1. The van der Waals surface area contributed by atoms with Crippen LogP contribution < -0.4 is 5.73 Å². The van der Waals surface area contributed by atoms with Gasteiger partial charge in [-0.25, -0.2) is 0 Å². The molecule has 4 heteroatoms. The molecule has 0 aliphatic heterocycles. The van der Waals surface area contributed by atoms with Gasteiger partial charge in [0.05, 0.1) is 0 Å². The van der Waals surface area contributed by atoms with E-state index in [1.807, 2.05) is 19.1 Å². The predicted molar refractivity (Wildman–Crippen MR) is 72.2 cm³/mol. The fraction of sp³-hybridized carbons (Fsp3) is 0.429. The molecule has 4 nitrogen and oxygen atoms in total. The molecule has 0 aliphatic carbocycles. The van der Waals surface area contributed by atoms with E-state index in [0.717, 1.165) is 31.0 Å². The van der Waals surface area contributed by atoms with Crippen LogP contribution in [0.1, 0.15) is 36.1 Å². The topological polar surface area (TPSA) is 56.7 Å². The zero-order valence-electron chi connectivity index (χ0n) is 11.1. The fourth-order valence-electron chi connectivity index (χ4n) is 2.17. The molecule has 0 atom stereocenters. The number of benzene rings is 1. The first-order valence-electron chi connectivity index (χ1n) is 6.41. The van der Waals surface area contributed by atoms with Crippen LogP contribution in [0.4, 0.5) is 0 Å². The Kier molecular flexibility index (Phi) is 4.10. The molecule has 0 unspecified atom stereocenters. The van der Waals surface area contributed by atoms with Crippen LogP contribution in [-0.2, 0) is 19.5 Å². The van der Waals surface area contributed by atoms with Crippen LogP contribution >= 0.6 is 0 Å². The molecular weight excluding hydrogens is 224 g/mol. The maximum atomic E-state index is 5.76. The van der Waals surface area contributed by atoms with Gasteiger partial charge >= 0.3 is 0 Å². The molecule has 1 aromatic carbocycles. The third kappa shape index (κ3) is 2.59. The van der Waals surface area contributed by atoms with E-state index in [2.05, 4.69) is 33.8 Å². The van der Waals surface area contributed by atoms with E-state index in [-0.39, 0.29) is 0 Å². The van der Waals surface area contributed by atoms with E-state index in [9.17, 15) is 0 Å². The van der Waals surface area contributed by atoms with Gasteiger partial charge in [0.15, 0.2) is 0 Å². The Bertz CT molecular complexity index is 516. The minimum Gasteiger partial charge on any atom is -0.326 e. The van der Waals surface area contributed by atoms with E-state index in [4.69, 9.17) is 5.73 Å². The van der Waals surface area contributed by atoms with Crippen molar-refractivity contribution in [3.63, 3.8) is 0 Å². The van der Waals surface area contributed by atoms with E-state index in [1.165, 1.54) is 11.1 Å². The monoisotopic (exact) mass is 244 g/mol. The van der Waals surface area contributed by atoms with Gasteiger partial charge in [0.25, 0.3) is 0 Å². The van der Waals surface area contributed by atoms with Crippen molar-refractivity contribution in [2.75, 3.05) is 0 Å². The molecule has 0 spiro atoms. The second-order valence-electron chi connectivity index (χ2n) is 4.46. The van der Waals surface area contributed by atoms with E-state index < -0.39 is 0 Å². The first-order chi connectivity index (χ1) is 8.76. The third-order valence-electron chi connectivity index (χ3n) is 3.15. The van der Waals surface area contributed by atoms with Crippen molar-refractivity contribution in [3.05, 3.63) is 47.0 Å². The Morgan fingerprint density at radius 3 is 2.56 bits per heavy atom. The Labute approximate surface area is 108 Å². The van der Waals surface area contributed by atoms with Crippen molar-refractivity contribution < 1.29 is 0 Å². The standard InChI is InChI=1S/C14H20N4/c1-3-8-18-11(2)16-17-14(18)9-12-6-4-5-7-13(12)10-15/h4-7H,3,8-10,15H2,1-2H3. The first kappa shape index (κ1) is 12.8. The predicted octanol–water partition coefficient (Wildman–Crippen LogP) is 2.05. The van der Waals surface area contributed by atoms with Crippen LogP contribution in [0.3, 0.4) is 0 Å². The summed E-state index contributed by atoms with van der Waals surface area (Å²) in [7, 11) is 0. The molecule has 96 valence electrons. The van der Waals surface area contributed by atoms with Crippen LogP contribution in [-0.4, -0.2) is 14.8 Å². The minimum absolute atomic E-state index is 0.567. The van der Waals surface area contributed by atoms with E-state index in [0.29, 0.717) is 6.54 Å². The second-order valence-corrected chi connectivity index (χ2v) is 4.46. The van der Waals surface area contributed by atoms with Crippen LogP contribution in [0.5, 0.6) is 0 Å². The van der Waals surface area contributed by atoms with Crippen LogP contribution in [0.15, 0.2) is 24.3 Å². The molecule has 0 saturated heterocycles. The van der Waals surface area contributed by atoms with Crippen LogP contribution in [0, 0.1) is 6.92 Å². The van der Waals surface area contributed by atoms with Gasteiger partial charge in [0, 0.05) is 19.5 Å². The van der Waals surface area contributed by atoms with Gasteiger partial charge in [-0.2, -0.15) is 0 Å². The minimum atomic E-state index is 0.567. The largest absolute Gasteiger partial charge is 0.326 e. The third-order valence-corrected chi connectivity index (χ3v) is 3.15. The summed E-state index contributed by atoms with van der Waals surface area (Å²) in [6.07, 6.45) is 1.89. The molecule has 0 saturated carbocycles. The maximum absolute atomic E-state index is 5.76. The summed E-state index contributed by atoms with van der Waals surface area (Å²) >= 11 is 0. The van der Waals surface area contributed by atoms with Gasteiger partial charge in [-0.05, 0) is 24.5 Å². The van der Waals surface area contributed by atoms with E-state index in [1.54, 1.807) is 0 Å². The summed E-state index contributed by atoms with van der Waals surface area (Å²) in [5, 5.41) is 8.45. The zero-order valence-corrected chi connectivity index (χ0v) is 11.1. The van der Waals surface area contributed by atoms with Crippen molar-refractivity contribution in [2.45, 2.75) is 39.8 Å². The zero-order chi connectivity index (χ0) is 13.0. The van der Waals surface area contributed by atoms with Crippen molar-refractivity contribution in [3.8, 4) is 0 Å². The van der Waals surface area contributed by atoms with Gasteiger partial charge in [0.1, 0.15) is 11.6 Å². The Balaban J connectivity index is 2.28. The van der Waals surface area contributed by atoms with Crippen molar-refractivity contribution in [1.29, 1.82) is 0 Å².